The van der Waals surface area contributed by atoms with Gasteiger partial charge in [0.05, 0.1) is 13.2 Å². The van der Waals surface area contributed by atoms with Crippen LogP contribution in [0.25, 0.3) is 5.69 Å². The second-order valence-corrected chi connectivity index (χ2v) is 8.75. The van der Waals surface area contributed by atoms with Crippen LogP contribution in [0.3, 0.4) is 0 Å². The van der Waals surface area contributed by atoms with E-state index in [1.165, 1.54) is 4.57 Å². The van der Waals surface area contributed by atoms with Gasteiger partial charge in [-0.2, -0.15) is 0 Å². The van der Waals surface area contributed by atoms with Gasteiger partial charge in [-0.25, -0.2) is 0 Å². The third kappa shape index (κ3) is 3.65. The van der Waals surface area contributed by atoms with E-state index in [1.807, 2.05) is 45.0 Å². The summed E-state index contributed by atoms with van der Waals surface area (Å²) in [6, 6.07) is 7.50. The maximum Gasteiger partial charge on any atom is 0.268 e. The van der Waals surface area contributed by atoms with Crippen LogP contribution in [0, 0.1) is 12.3 Å². The molecular formula is C23H26N2O4. The number of aromatic nitrogens is 1. The predicted octanol–water partition coefficient (Wildman–Crippen LogP) is 2.77. The third-order valence-electron chi connectivity index (χ3n) is 5.74. The van der Waals surface area contributed by atoms with Gasteiger partial charge in [0.25, 0.3) is 11.5 Å². The first-order chi connectivity index (χ1) is 13.8. The lowest BCUT2D eigenvalue weighted by atomic mass is 9.73. The van der Waals surface area contributed by atoms with Gasteiger partial charge < -0.3 is 9.64 Å². The Morgan fingerprint density at radius 1 is 1.03 bits per heavy atom. The number of fused-ring (bicyclic) bond motifs is 1. The number of hydrogen-bond acceptors (Lipinski definition) is 4. The van der Waals surface area contributed by atoms with Gasteiger partial charge in [0.2, 0.25) is 0 Å². The molecule has 1 aliphatic carbocycles. The molecule has 1 aliphatic heterocycles. The van der Waals surface area contributed by atoms with E-state index < -0.39 is 0 Å². The molecule has 0 spiro atoms. The number of Topliss-reactive ketones (excluding diaryl/α,β-unsaturated/α-hetero) is 1. The molecule has 6 heteroatoms. The number of amides is 1. The van der Waals surface area contributed by atoms with Crippen molar-refractivity contribution < 1.29 is 14.3 Å². The number of benzene rings is 1. The van der Waals surface area contributed by atoms with Crippen LogP contribution >= 0.6 is 0 Å². The summed E-state index contributed by atoms with van der Waals surface area (Å²) in [7, 11) is 0. The highest BCUT2D eigenvalue weighted by Crippen LogP contribution is 2.36. The number of nitrogens with zero attached hydrogens (tertiary/aromatic N) is 2. The van der Waals surface area contributed by atoms with Crippen molar-refractivity contribution in [3.8, 4) is 5.69 Å². The number of carbonyl (C=O) groups is 2. The minimum Gasteiger partial charge on any atom is -0.378 e. The molecule has 4 rings (SSSR count). The second-order valence-electron chi connectivity index (χ2n) is 8.75. The van der Waals surface area contributed by atoms with Gasteiger partial charge in [-0.1, -0.05) is 31.5 Å². The van der Waals surface area contributed by atoms with E-state index in [4.69, 9.17) is 4.74 Å². The molecule has 1 saturated heterocycles. The number of rotatable bonds is 2. The Balaban J connectivity index is 1.93. The number of morpholine rings is 1. The Morgan fingerprint density at radius 2 is 1.69 bits per heavy atom. The average Bonchev–Trinajstić information content (AvgIpc) is 2.68. The molecule has 1 fully saturated rings. The Bertz CT molecular complexity index is 1030. The van der Waals surface area contributed by atoms with Crippen LogP contribution in [0.2, 0.25) is 0 Å². The van der Waals surface area contributed by atoms with E-state index in [0.29, 0.717) is 56.0 Å². The highest BCUT2D eigenvalue weighted by atomic mass is 16.5. The number of carbonyl (C=O) groups excluding carboxylic acids is 2. The molecule has 0 atom stereocenters. The van der Waals surface area contributed by atoms with Gasteiger partial charge in [-0.05, 0) is 36.5 Å². The minimum atomic E-state index is -0.366. The topological polar surface area (TPSA) is 68.6 Å². The molecule has 152 valence electrons. The number of ether oxygens (including phenoxy) is 1. The lowest BCUT2D eigenvalue weighted by Gasteiger charge is -2.33. The van der Waals surface area contributed by atoms with Crippen molar-refractivity contribution >= 4 is 11.7 Å². The van der Waals surface area contributed by atoms with Crippen LogP contribution in [0.1, 0.15) is 52.1 Å². The number of pyridine rings is 1. The molecule has 2 aliphatic rings. The third-order valence-corrected chi connectivity index (χ3v) is 5.74. The lowest BCUT2D eigenvalue weighted by molar-refractivity contribution is 0.0300. The molecule has 1 amide bonds. The highest BCUT2D eigenvalue weighted by Gasteiger charge is 2.37. The van der Waals surface area contributed by atoms with E-state index >= 15 is 0 Å². The normalized spacial score (nSPS) is 18.4. The summed E-state index contributed by atoms with van der Waals surface area (Å²) < 4.78 is 6.80. The first-order valence-corrected chi connectivity index (χ1v) is 10.0. The molecule has 0 radical (unpaired) electrons. The smallest absolute Gasteiger partial charge is 0.268 e. The van der Waals surface area contributed by atoms with E-state index in [9.17, 15) is 14.4 Å². The van der Waals surface area contributed by atoms with Gasteiger partial charge >= 0.3 is 0 Å². The highest BCUT2D eigenvalue weighted by molar-refractivity contribution is 6.04. The largest absolute Gasteiger partial charge is 0.378 e. The van der Waals surface area contributed by atoms with Crippen molar-refractivity contribution in [3.63, 3.8) is 0 Å². The van der Waals surface area contributed by atoms with Crippen molar-refractivity contribution in [1.29, 1.82) is 0 Å². The van der Waals surface area contributed by atoms with Crippen molar-refractivity contribution in [2.24, 2.45) is 5.41 Å². The van der Waals surface area contributed by atoms with Gasteiger partial charge in [0.15, 0.2) is 5.78 Å². The lowest BCUT2D eigenvalue weighted by Crippen LogP contribution is -2.45. The SMILES string of the molecule is Cc1ccc(-n2cc3c(c(C(=O)N4CCOCC4)c2=O)CC(C)(C)CC3=O)cc1. The average molecular weight is 394 g/mol. The Labute approximate surface area is 170 Å². The number of ketones is 1. The van der Waals surface area contributed by atoms with E-state index in [2.05, 4.69) is 0 Å². The van der Waals surface area contributed by atoms with Crippen molar-refractivity contribution in [3.05, 3.63) is 63.1 Å². The fourth-order valence-corrected chi connectivity index (χ4v) is 4.19. The van der Waals surface area contributed by atoms with E-state index in [0.717, 1.165) is 5.56 Å². The summed E-state index contributed by atoms with van der Waals surface area (Å²) in [6.07, 6.45) is 2.55. The number of aryl methyl sites for hydroxylation is 1. The van der Waals surface area contributed by atoms with Gasteiger partial charge in [-0.15, -0.1) is 0 Å². The summed E-state index contributed by atoms with van der Waals surface area (Å²) in [5.74, 6) is -0.324. The maximum atomic E-state index is 13.5. The molecule has 2 aromatic rings. The summed E-state index contributed by atoms with van der Waals surface area (Å²) in [6.45, 7) is 7.78. The predicted molar refractivity (Wildman–Crippen MR) is 110 cm³/mol. The monoisotopic (exact) mass is 394 g/mol. The van der Waals surface area contributed by atoms with Crippen molar-refractivity contribution in [2.75, 3.05) is 26.3 Å². The molecule has 1 aromatic carbocycles. The summed E-state index contributed by atoms with van der Waals surface area (Å²) in [4.78, 5) is 41.5. The molecule has 0 N–H and O–H groups in total. The summed E-state index contributed by atoms with van der Waals surface area (Å²) in [5, 5.41) is 0. The van der Waals surface area contributed by atoms with E-state index in [1.54, 1.807) is 11.1 Å². The summed E-state index contributed by atoms with van der Waals surface area (Å²) >= 11 is 0. The standard InChI is InChI=1S/C23H26N2O4/c1-15-4-6-16(7-5-15)25-14-18-17(12-23(2,3)13-19(18)26)20(22(25)28)21(27)24-8-10-29-11-9-24/h4-7,14H,8-13H2,1-3H3. The molecular weight excluding hydrogens is 368 g/mol. The van der Waals surface area contributed by atoms with Gasteiger partial charge in [0.1, 0.15) is 5.56 Å². The zero-order valence-corrected chi connectivity index (χ0v) is 17.2. The van der Waals surface area contributed by atoms with Crippen LogP contribution < -0.4 is 5.56 Å². The molecule has 6 nitrogen and oxygen atoms in total. The van der Waals surface area contributed by atoms with Crippen LogP contribution in [0.15, 0.2) is 35.3 Å². The van der Waals surface area contributed by atoms with Crippen LogP contribution in [0.4, 0.5) is 0 Å². The van der Waals surface area contributed by atoms with E-state index in [-0.39, 0.29) is 28.2 Å². The Hall–Kier alpha value is -2.73. The van der Waals surface area contributed by atoms with Crippen molar-refractivity contribution in [2.45, 2.75) is 33.6 Å². The quantitative estimate of drug-likeness (QED) is 0.786. The second kappa shape index (κ2) is 7.26. The number of hydrogen-bond donors (Lipinski definition) is 0. The van der Waals surface area contributed by atoms with Crippen molar-refractivity contribution in [1.82, 2.24) is 9.47 Å². The first-order valence-electron chi connectivity index (χ1n) is 10.0. The molecule has 0 bridgehead atoms. The summed E-state index contributed by atoms with van der Waals surface area (Å²) in [5.41, 5.74) is 2.28. The zero-order chi connectivity index (χ0) is 20.8. The van der Waals surface area contributed by atoms with Gasteiger partial charge in [0, 0.05) is 37.0 Å². The Kier molecular flexibility index (Phi) is 4.90. The van der Waals surface area contributed by atoms with Crippen LogP contribution in [0.5, 0.6) is 0 Å². The van der Waals surface area contributed by atoms with Gasteiger partial charge in [-0.3, -0.25) is 19.0 Å². The first kappa shape index (κ1) is 19.6. The molecule has 29 heavy (non-hydrogen) atoms. The minimum absolute atomic E-state index is 0.0202. The zero-order valence-electron chi connectivity index (χ0n) is 17.2. The fraction of sp³-hybridized carbons (Fsp3) is 0.435. The fourth-order valence-electron chi connectivity index (χ4n) is 4.19. The maximum absolute atomic E-state index is 13.5. The van der Waals surface area contributed by atoms with Crippen LogP contribution in [-0.2, 0) is 11.2 Å². The molecule has 0 unspecified atom stereocenters. The molecule has 0 saturated carbocycles. The van der Waals surface area contributed by atoms with Crippen LogP contribution in [-0.4, -0.2) is 47.5 Å². The molecule has 2 heterocycles. The Morgan fingerprint density at radius 3 is 2.34 bits per heavy atom. The molecule has 1 aromatic heterocycles.